The quantitative estimate of drug-likeness (QED) is 0.816. The summed E-state index contributed by atoms with van der Waals surface area (Å²) in [6.07, 6.45) is 1.11. The molecule has 0 aliphatic carbocycles. The molecule has 1 amide bonds. The standard InChI is InChI=1S/C15H21N3O3S2.ClH/c19-15(10-13-11-22-8-6-16-13)17-12-2-4-14(5-3-12)18-7-1-9-23(18,20)21;/h2-5,13,16H,1,6-11H2,(H,17,19);1H. The third kappa shape index (κ3) is 4.78. The van der Waals surface area contributed by atoms with Crippen molar-refractivity contribution < 1.29 is 13.2 Å². The summed E-state index contributed by atoms with van der Waals surface area (Å²) in [5, 5.41) is 6.21. The average molecular weight is 392 g/mol. The first kappa shape index (κ1) is 19.4. The minimum atomic E-state index is -3.16. The number of benzene rings is 1. The molecule has 2 N–H and O–H groups in total. The highest BCUT2D eigenvalue weighted by Gasteiger charge is 2.28. The largest absolute Gasteiger partial charge is 0.326 e. The number of carbonyl (C=O) groups is 1. The number of hydrogen-bond acceptors (Lipinski definition) is 5. The van der Waals surface area contributed by atoms with Crippen molar-refractivity contribution in [1.82, 2.24) is 5.32 Å². The molecule has 0 bridgehead atoms. The minimum absolute atomic E-state index is 0. The predicted octanol–water partition coefficient (Wildman–Crippen LogP) is 1.68. The molecule has 0 saturated carbocycles. The summed E-state index contributed by atoms with van der Waals surface area (Å²) >= 11 is 1.86. The van der Waals surface area contributed by atoms with E-state index < -0.39 is 10.0 Å². The van der Waals surface area contributed by atoms with Crippen LogP contribution in [0.1, 0.15) is 12.8 Å². The predicted molar refractivity (Wildman–Crippen MR) is 102 cm³/mol. The number of anilines is 2. The van der Waals surface area contributed by atoms with E-state index in [1.807, 2.05) is 11.8 Å². The number of sulfonamides is 1. The third-order valence-corrected chi connectivity index (χ3v) is 6.97. The highest BCUT2D eigenvalue weighted by atomic mass is 35.5. The van der Waals surface area contributed by atoms with Gasteiger partial charge in [-0.3, -0.25) is 9.10 Å². The molecule has 6 nitrogen and oxygen atoms in total. The first-order valence-electron chi connectivity index (χ1n) is 7.76. The Morgan fingerprint density at radius 1 is 1.33 bits per heavy atom. The van der Waals surface area contributed by atoms with Gasteiger partial charge in [0.25, 0.3) is 0 Å². The van der Waals surface area contributed by atoms with Crippen LogP contribution in [0.3, 0.4) is 0 Å². The van der Waals surface area contributed by atoms with Crippen molar-refractivity contribution in [2.24, 2.45) is 0 Å². The Bertz CT molecular complexity index is 661. The van der Waals surface area contributed by atoms with E-state index in [-0.39, 0.29) is 30.1 Å². The van der Waals surface area contributed by atoms with Crippen molar-refractivity contribution in [1.29, 1.82) is 0 Å². The summed E-state index contributed by atoms with van der Waals surface area (Å²) in [7, 11) is -3.16. The molecular formula is C15H22ClN3O3S2. The molecule has 2 fully saturated rings. The molecular weight excluding hydrogens is 370 g/mol. The Hall–Kier alpha value is -0.960. The summed E-state index contributed by atoms with van der Waals surface area (Å²) in [5.74, 6) is 2.24. The Morgan fingerprint density at radius 3 is 2.67 bits per heavy atom. The van der Waals surface area contributed by atoms with E-state index in [1.165, 1.54) is 4.31 Å². The summed E-state index contributed by atoms with van der Waals surface area (Å²) in [6, 6.07) is 7.22. The Labute approximate surface area is 153 Å². The zero-order valence-electron chi connectivity index (χ0n) is 13.2. The van der Waals surface area contributed by atoms with E-state index >= 15 is 0 Å². The SMILES string of the molecule is Cl.O=C(CC1CSCCN1)Nc1ccc(N2CCCS2(=O)=O)cc1. The monoisotopic (exact) mass is 391 g/mol. The summed E-state index contributed by atoms with van der Waals surface area (Å²) < 4.78 is 25.2. The fourth-order valence-electron chi connectivity index (χ4n) is 2.83. The van der Waals surface area contributed by atoms with Gasteiger partial charge in [-0.25, -0.2) is 8.42 Å². The van der Waals surface area contributed by atoms with Crippen molar-refractivity contribution in [3.8, 4) is 0 Å². The number of nitrogens with zero attached hydrogens (tertiary/aromatic N) is 1. The molecule has 0 spiro atoms. The van der Waals surface area contributed by atoms with Crippen LogP contribution in [0, 0.1) is 0 Å². The van der Waals surface area contributed by atoms with E-state index in [4.69, 9.17) is 0 Å². The number of amides is 1. The number of rotatable bonds is 4. The molecule has 134 valence electrons. The van der Waals surface area contributed by atoms with Crippen LogP contribution < -0.4 is 14.9 Å². The number of hydrogen-bond donors (Lipinski definition) is 2. The van der Waals surface area contributed by atoms with E-state index in [9.17, 15) is 13.2 Å². The molecule has 2 saturated heterocycles. The highest BCUT2D eigenvalue weighted by molar-refractivity contribution is 7.99. The molecule has 1 aromatic rings. The average Bonchev–Trinajstić information content (AvgIpc) is 2.88. The molecule has 2 aliphatic heterocycles. The van der Waals surface area contributed by atoms with Crippen molar-refractivity contribution in [2.45, 2.75) is 18.9 Å². The number of carbonyl (C=O) groups excluding carboxylic acids is 1. The number of thioether (sulfide) groups is 1. The second-order valence-electron chi connectivity index (χ2n) is 5.77. The van der Waals surface area contributed by atoms with Crippen LogP contribution in [0.4, 0.5) is 11.4 Å². The first-order chi connectivity index (χ1) is 11.0. The van der Waals surface area contributed by atoms with Crippen LogP contribution in [0.5, 0.6) is 0 Å². The van der Waals surface area contributed by atoms with Gasteiger partial charge < -0.3 is 10.6 Å². The van der Waals surface area contributed by atoms with Gasteiger partial charge in [0, 0.05) is 42.7 Å². The number of nitrogens with one attached hydrogen (secondary N) is 2. The van der Waals surface area contributed by atoms with Gasteiger partial charge in [-0.15, -0.1) is 12.4 Å². The molecule has 0 aromatic heterocycles. The lowest BCUT2D eigenvalue weighted by Crippen LogP contribution is -2.39. The van der Waals surface area contributed by atoms with E-state index in [1.54, 1.807) is 24.3 Å². The maximum Gasteiger partial charge on any atom is 0.235 e. The Balaban J connectivity index is 0.00000208. The molecule has 3 rings (SSSR count). The number of halogens is 1. The summed E-state index contributed by atoms with van der Waals surface area (Å²) in [6.45, 7) is 1.47. The fraction of sp³-hybridized carbons (Fsp3) is 0.533. The summed E-state index contributed by atoms with van der Waals surface area (Å²) in [5.41, 5.74) is 1.35. The van der Waals surface area contributed by atoms with Gasteiger partial charge >= 0.3 is 0 Å². The zero-order chi connectivity index (χ0) is 16.3. The van der Waals surface area contributed by atoms with E-state index in [0.717, 1.165) is 18.1 Å². The zero-order valence-corrected chi connectivity index (χ0v) is 15.7. The highest BCUT2D eigenvalue weighted by Crippen LogP contribution is 2.25. The fourth-order valence-corrected chi connectivity index (χ4v) is 5.34. The van der Waals surface area contributed by atoms with Crippen LogP contribution in [-0.4, -0.2) is 50.7 Å². The lowest BCUT2D eigenvalue weighted by atomic mass is 10.2. The minimum Gasteiger partial charge on any atom is -0.326 e. The normalized spacial score (nSPS) is 22.7. The molecule has 1 atom stereocenters. The molecule has 9 heteroatoms. The molecule has 2 heterocycles. The topological polar surface area (TPSA) is 78.5 Å². The molecule has 1 unspecified atom stereocenters. The third-order valence-electron chi connectivity index (χ3n) is 3.97. The smallest absolute Gasteiger partial charge is 0.235 e. The maximum atomic E-state index is 12.1. The lowest BCUT2D eigenvalue weighted by molar-refractivity contribution is -0.116. The van der Waals surface area contributed by atoms with Crippen molar-refractivity contribution in [2.75, 3.05) is 40.0 Å². The van der Waals surface area contributed by atoms with Crippen molar-refractivity contribution in [3.05, 3.63) is 24.3 Å². The van der Waals surface area contributed by atoms with Gasteiger partial charge in [0.2, 0.25) is 15.9 Å². The second kappa shape index (κ2) is 8.42. The van der Waals surface area contributed by atoms with Gasteiger partial charge in [0.1, 0.15) is 0 Å². The van der Waals surface area contributed by atoms with Crippen LogP contribution in [0.2, 0.25) is 0 Å². The van der Waals surface area contributed by atoms with Gasteiger partial charge in [0.15, 0.2) is 0 Å². The van der Waals surface area contributed by atoms with Gasteiger partial charge in [-0.1, -0.05) is 0 Å². The van der Waals surface area contributed by atoms with Gasteiger partial charge in [-0.2, -0.15) is 11.8 Å². The maximum absolute atomic E-state index is 12.1. The lowest BCUT2D eigenvalue weighted by Gasteiger charge is -2.22. The first-order valence-corrected chi connectivity index (χ1v) is 10.5. The van der Waals surface area contributed by atoms with Crippen molar-refractivity contribution in [3.63, 3.8) is 0 Å². The molecule has 1 aromatic carbocycles. The van der Waals surface area contributed by atoms with E-state index in [2.05, 4.69) is 10.6 Å². The van der Waals surface area contributed by atoms with Crippen LogP contribution in [0.25, 0.3) is 0 Å². The van der Waals surface area contributed by atoms with Crippen LogP contribution in [-0.2, 0) is 14.8 Å². The Morgan fingerprint density at radius 2 is 2.08 bits per heavy atom. The van der Waals surface area contributed by atoms with Gasteiger partial charge in [0.05, 0.1) is 11.4 Å². The van der Waals surface area contributed by atoms with Crippen LogP contribution >= 0.6 is 24.2 Å². The van der Waals surface area contributed by atoms with Gasteiger partial charge in [-0.05, 0) is 30.7 Å². The van der Waals surface area contributed by atoms with E-state index in [0.29, 0.717) is 30.8 Å². The molecule has 0 radical (unpaired) electrons. The Kier molecular flexibility index (Phi) is 6.79. The van der Waals surface area contributed by atoms with Crippen molar-refractivity contribution >= 4 is 51.5 Å². The second-order valence-corrected chi connectivity index (χ2v) is 8.93. The molecule has 2 aliphatic rings. The van der Waals surface area contributed by atoms with Crippen LogP contribution in [0.15, 0.2) is 24.3 Å². The summed E-state index contributed by atoms with van der Waals surface area (Å²) in [4.78, 5) is 12.1. The molecule has 24 heavy (non-hydrogen) atoms.